The van der Waals surface area contributed by atoms with Crippen LogP contribution >= 0.6 is 11.3 Å². The third-order valence-electron chi connectivity index (χ3n) is 2.86. The summed E-state index contributed by atoms with van der Waals surface area (Å²) >= 11 is 1.25. The van der Waals surface area contributed by atoms with E-state index in [0.29, 0.717) is 10.9 Å². The van der Waals surface area contributed by atoms with E-state index in [-0.39, 0.29) is 11.6 Å². The Morgan fingerprint density at radius 2 is 2.09 bits per heavy atom. The summed E-state index contributed by atoms with van der Waals surface area (Å²) in [6.45, 7) is 3.46. The number of thiazole rings is 1. The van der Waals surface area contributed by atoms with Crippen molar-refractivity contribution in [3.05, 3.63) is 35.5 Å². The summed E-state index contributed by atoms with van der Waals surface area (Å²) < 4.78 is 0. The van der Waals surface area contributed by atoms with Crippen molar-refractivity contribution in [1.82, 2.24) is 15.3 Å². The Kier molecular flexibility index (Phi) is 5.05. The van der Waals surface area contributed by atoms with Crippen molar-refractivity contribution in [3.8, 4) is 0 Å². The zero-order valence-corrected chi connectivity index (χ0v) is 12.9. The van der Waals surface area contributed by atoms with Crippen LogP contribution in [0.15, 0.2) is 29.8 Å². The minimum Gasteiger partial charge on any atom is -0.480 e. The summed E-state index contributed by atoms with van der Waals surface area (Å²) in [5.74, 6) is -1.17. The molecule has 22 heavy (non-hydrogen) atoms. The number of pyridine rings is 1. The van der Waals surface area contributed by atoms with E-state index >= 15 is 0 Å². The molecule has 116 valence electrons. The van der Waals surface area contributed by atoms with Crippen molar-refractivity contribution >= 4 is 34.2 Å². The molecule has 3 N–H and O–H groups in total. The first-order chi connectivity index (χ1) is 10.5. The Labute approximate surface area is 131 Å². The summed E-state index contributed by atoms with van der Waals surface area (Å²) in [4.78, 5) is 31.4. The molecule has 2 rings (SSSR count). The number of carboxylic acid groups (broad SMARTS) is 1. The summed E-state index contributed by atoms with van der Waals surface area (Å²) in [7, 11) is 0. The maximum atomic E-state index is 12.1. The highest BCUT2D eigenvalue weighted by Gasteiger charge is 2.24. The Morgan fingerprint density at radius 3 is 2.68 bits per heavy atom. The zero-order valence-electron chi connectivity index (χ0n) is 12.1. The Bertz CT molecular complexity index is 657. The third kappa shape index (κ3) is 4.01. The molecule has 0 aliphatic heterocycles. The molecule has 0 aromatic carbocycles. The first-order valence-electron chi connectivity index (χ1n) is 6.64. The molecule has 0 saturated heterocycles. The SMILES string of the molecule is CC(C)[C@H](NC(=O)c1csc(Nc2ccccn2)n1)C(=O)O. The first-order valence-corrected chi connectivity index (χ1v) is 7.52. The maximum absolute atomic E-state index is 12.1. The molecule has 1 atom stereocenters. The van der Waals surface area contributed by atoms with E-state index < -0.39 is 17.9 Å². The van der Waals surface area contributed by atoms with Gasteiger partial charge in [-0.2, -0.15) is 0 Å². The van der Waals surface area contributed by atoms with Crippen LogP contribution in [0.1, 0.15) is 24.3 Å². The number of carbonyl (C=O) groups is 2. The van der Waals surface area contributed by atoms with Gasteiger partial charge in [-0.05, 0) is 18.1 Å². The van der Waals surface area contributed by atoms with Crippen molar-refractivity contribution in [2.24, 2.45) is 5.92 Å². The van der Waals surface area contributed by atoms with Crippen LogP contribution in [0.4, 0.5) is 10.9 Å². The predicted octanol–water partition coefficient (Wildman–Crippen LogP) is 2.12. The van der Waals surface area contributed by atoms with E-state index in [0.717, 1.165) is 0 Å². The Morgan fingerprint density at radius 1 is 1.32 bits per heavy atom. The number of carbonyl (C=O) groups excluding carboxylic acids is 1. The molecule has 0 unspecified atom stereocenters. The van der Waals surface area contributed by atoms with E-state index in [2.05, 4.69) is 20.6 Å². The van der Waals surface area contributed by atoms with Crippen LogP contribution in [0.3, 0.4) is 0 Å². The van der Waals surface area contributed by atoms with Crippen LogP contribution in [0, 0.1) is 5.92 Å². The summed E-state index contributed by atoms with van der Waals surface area (Å²) in [5, 5.41) is 16.6. The molecular weight excluding hydrogens is 304 g/mol. The molecule has 0 aliphatic rings. The predicted molar refractivity (Wildman–Crippen MR) is 83.4 cm³/mol. The first kappa shape index (κ1) is 15.9. The van der Waals surface area contributed by atoms with Crippen molar-refractivity contribution in [2.75, 3.05) is 5.32 Å². The number of aliphatic carboxylic acids is 1. The van der Waals surface area contributed by atoms with Gasteiger partial charge >= 0.3 is 5.97 Å². The van der Waals surface area contributed by atoms with E-state index in [1.807, 2.05) is 6.07 Å². The van der Waals surface area contributed by atoms with Crippen molar-refractivity contribution in [2.45, 2.75) is 19.9 Å². The van der Waals surface area contributed by atoms with Crippen LogP contribution in [0.25, 0.3) is 0 Å². The second-order valence-corrected chi connectivity index (χ2v) is 5.77. The number of nitrogens with zero attached hydrogens (tertiary/aromatic N) is 2. The van der Waals surface area contributed by atoms with Gasteiger partial charge in [0.05, 0.1) is 0 Å². The molecule has 0 bridgehead atoms. The second-order valence-electron chi connectivity index (χ2n) is 4.91. The lowest BCUT2D eigenvalue weighted by Gasteiger charge is -2.16. The van der Waals surface area contributed by atoms with Crippen LogP contribution in [0.2, 0.25) is 0 Å². The van der Waals surface area contributed by atoms with Gasteiger partial charge in [0.25, 0.3) is 5.91 Å². The largest absolute Gasteiger partial charge is 0.480 e. The topological polar surface area (TPSA) is 104 Å². The highest BCUT2D eigenvalue weighted by molar-refractivity contribution is 7.14. The van der Waals surface area contributed by atoms with Gasteiger partial charge in [0.15, 0.2) is 5.13 Å². The van der Waals surface area contributed by atoms with Gasteiger partial charge in [-0.3, -0.25) is 4.79 Å². The normalized spacial score (nSPS) is 12.0. The summed E-state index contributed by atoms with van der Waals surface area (Å²) in [6.07, 6.45) is 1.64. The van der Waals surface area contributed by atoms with Gasteiger partial charge in [0, 0.05) is 11.6 Å². The molecule has 0 saturated carbocycles. The van der Waals surface area contributed by atoms with Gasteiger partial charge < -0.3 is 15.7 Å². The molecule has 2 aromatic rings. The fraction of sp³-hybridized carbons (Fsp3) is 0.286. The van der Waals surface area contributed by atoms with Crippen LogP contribution < -0.4 is 10.6 Å². The number of aromatic nitrogens is 2. The van der Waals surface area contributed by atoms with Gasteiger partial charge in [0.1, 0.15) is 17.6 Å². The minimum atomic E-state index is -1.06. The third-order valence-corrected chi connectivity index (χ3v) is 3.61. The fourth-order valence-corrected chi connectivity index (χ4v) is 2.41. The molecule has 2 heterocycles. The van der Waals surface area contributed by atoms with Crippen molar-refractivity contribution < 1.29 is 14.7 Å². The maximum Gasteiger partial charge on any atom is 0.326 e. The van der Waals surface area contributed by atoms with Crippen LogP contribution in [-0.2, 0) is 4.79 Å². The zero-order chi connectivity index (χ0) is 16.1. The number of hydrogen-bond acceptors (Lipinski definition) is 6. The molecule has 0 spiro atoms. The lowest BCUT2D eigenvalue weighted by atomic mass is 10.0. The van der Waals surface area contributed by atoms with E-state index in [1.165, 1.54) is 11.3 Å². The van der Waals surface area contributed by atoms with Gasteiger partial charge in [-0.25, -0.2) is 14.8 Å². The fourth-order valence-electron chi connectivity index (χ4n) is 1.71. The standard InChI is InChI=1S/C14H16N4O3S/c1-8(2)11(13(20)21)18-12(19)9-7-22-14(16-9)17-10-5-3-4-6-15-10/h3-8,11H,1-2H3,(H,18,19)(H,20,21)(H,15,16,17)/t11-/m0/s1. The quantitative estimate of drug-likeness (QED) is 0.753. The van der Waals surface area contributed by atoms with Gasteiger partial charge in [0.2, 0.25) is 0 Å². The number of carboxylic acids is 1. The number of hydrogen-bond donors (Lipinski definition) is 3. The minimum absolute atomic E-state index is 0.176. The van der Waals surface area contributed by atoms with Crippen molar-refractivity contribution in [3.63, 3.8) is 0 Å². The number of nitrogens with one attached hydrogen (secondary N) is 2. The van der Waals surface area contributed by atoms with Crippen molar-refractivity contribution in [1.29, 1.82) is 0 Å². The van der Waals surface area contributed by atoms with E-state index in [9.17, 15) is 9.59 Å². The van der Waals surface area contributed by atoms with Crippen LogP contribution in [-0.4, -0.2) is 33.0 Å². The molecule has 2 aromatic heterocycles. The monoisotopic (exact) mass is 320 g/mol. The molecule has 7 nitrogen and oxygen atoms in total. The highest BCUT2D eigenvalue weighted by atomic mass is 32.1. The molecule has 0 radical (unpaired) electrons. The molecule has 0 aliphatic carbocycles. The molecular formula is C14H16N4O3S. The molecule has 0 fully saturated rings. The summed E-state index contributed by atoms with van der Waals surface area (Å²) in [6, 6.07) is 4.46. The number of rotatable bonds is 6. The Balaban J connectivity index is 2.04. The Hall–Kier alpha value is -2.48. The highest BCUT2D eigenvalue weighted by Crippen LogP contribution is 2.19. The number of anilines is 2. The van der Waals surface area contributed by atoms with E-state index in [1.54, 1.807) is 37.6 Å². The lowest BCUT2D eigenvalue weighted by Crippen LogP contribution is -2.44. The summed E-state index contributed by atoms with van der Waals surface area (Å²) in [5.41, 5.74) is 0.176. The average molecular weight is 320 g/mol. The van der Waals surface area contributed by atoms with Crippen LogP contribution in [0.5, 0.6) is 0 Å². The molecule has 8 heteroatoms. The molecule has 1 amide bonds. The van der Waals surface area contributed by atoms with Gasteiger partial charge in [-0.15, -0.1) is 11.3 Å². The number of amides is 1. The van der Waals surface area contributed by atoms with Gasteiger partial charge in [-0.1, -0.05) is 19.9 Å². The average Bonchev–Trinajstić information content (AvgIpc) is 2.93. The smallest absolute Gasteiger partial charge is 0.326 e. The lowest BCUT2D eigenvalue weighted by molar-refractivity contribution is -0.140. The second kappa shape index (κ2) is 6.99. The van der Waals surface area contributed by atoms with E-state index in [4.69, 9.17) is 5.11 Å².